The summed E-state index contributed by atoms with van der Waals surface area (Å²) in [5.41, 5.74) is 0.745. The SMILES string of the molecule is C=C/C=C(\C=C)COC(=O)NCC(=N)OCC. The van der Waals surface area contributed by atoms with E-state index in [0.717, 1.165) is 5.57 Å². The van der Waals surface area contributed by atoms with E-state index in [4.69, 9.17) is 14.9 Å². The number of nitrogens with one attached hydrogen (secondary N) is 2. The molecule has 0 aromatic rings. The average Bonchev–Trinajstić information content (AvgIpc) is 2.32. The molecule has 0 saturated heterocycles. The third kappa shape index (κ3) is 7.84. The van der Waals surface area contributed by atoms with Crippen molar-refractivity contribution in [3.05, 3.63) is 37.0 Å². The third-order valence-corrected chi connectivity index (χ3v) is 1.68. The summed E-state index contributed by atoms with van der Waals surface area (Å²) in [6, 6.07) is 0. The van der Waals surface area contributed by atoms with Gasteiger partial charge in [0.2, 0.25) is 5.90 Å². The van der Waals surface area contributed by atoms with Gasteiger partial charge in [-0.2, -0.15) is 0 Å². The highest BCUT2D eigenvalue weighted by Gasteiger charge is 2.04. The van der Waals surface area contributed by atoms with E-state index in [-0.39, 0.29) is 19.0 Å². The van der Waals surface area contributed by atoms with Gasteiger partial charge in [-0.25, -0.2) is 4.79 Å². The number of hydrogen-bond donors (Lipinski definition) is 2. The second-order valence-electron chi connectivity index (χ2n) is 2.97. The molecule has 0 aromatic carbocycles. The van der Waals surface area contributed by atoms with Crippen LogP contribution in [0.1, 0.15) is 6.92 Å². The summed E-state index contributed by atoms with van der Waals surface area (Å²) in [5.74, 6) is -0.00460. The van der Waals surface area contributed by atoms with Gasteiger partial charge in [-0.3, -0.25) is 5.41 Å². The van der Waals surface area contributed by atoms with Gasteiger partial charge in [0, 0.05) is 0 Å². The van der Waals surface area contributed by atoms with Crippen LogP contribution in [0.4, 0.5) is 4.79 Å². The molecule has 0 heterocycles. The van der Waals surface area contributed by atoms with Crippen molar-refractivity contribution in [2.24, 2.45) is 0 Å². The first kappa shape index (κ1) is 15.0. The Kier molecular flexibility index (Phi) is 8.10. The molecule has 0 unspecified atom stereocenters. The van der Waals surface area contributed by atoms with Crippen LogP contribution in [0.15, 0.2) is 37.0 Å². The fraction of sp³-hybridized carbons (Fsp3) is 0.333. The van der Waals surface area contributed by atoms with E-state index >= 15 is 0 Å². The Hall–Kier alpha value is -2.04. The zero-order chi connectivity index (χ0) is 13.1. The predicted molar refractivity (Wildman–Crippen MR) is 67.2 cm³/mol. The van der Waals surface area contributed by atoms with Crippen molar-refractivity contribution in [1.82, 2.24) is 5.32 Å². The van der Waals surface area contributed by atoms with E-state index in [1.54, 1.807) is 25.2 Å². The molecule has 94 valence electrons. The monoisotopic (exact) mass is 238 g/mol. The van der Waals surface area contributed by atoms with Crippen molar-refractivity contribution in [2.75, 3.05) is 19.8 Å². The van der Waals surface area contributed by atoms with Crippen LogP contribution in [0, 0.1) is 5.41 Å². The van der Waals surface area contributed by atoms with Crippen molar-refractivity contribution >= 4 is 12.0 Å². The van der Waals surface area contributed by atoms with Crippen LogP contribution in [0.25, 0.3) is 0 Å². The molecule has 0 aliphatic carbocycles. The molecule has 0 bridgehead atoms. The van der Waals surface area contributed by atoms with E-state index < -0.39 is 6.09 Å². The van der Waals surface area contributed by atoms with Gasteiger partial charge >= 0.3 is 6.09 Å². The zero-order valence-corrected chi connectivity index (χ0v) is 9.99. The normalized spacial score (nSPS) is 10.3. The molecule has 17 heavy (non-hydrogen) atoms. The summed E-state index contributed by atoms with van der Waals surface area (Å²) in [6.45, 7) is 9.40. The summed E-state index contributed by atoms with van der Waals surface area (Å²) >= 11 is 0. The van der Waals surface area contributed by atoms with Crippen LogP contribution >= 0.6 is 0 Å². The van der Waals surface area contributed by atoms with E-state index in [2.05, 4.69) is 18.5 Å². The highest BCUT2D eigenvalue weighted by molar-refractivity contribution is 5.79. The van der Waals surface area contributed by atoms with Crippen LogP contribution < -0.4 is 5.32 Å². The first-order chi connectivity index (χ1) is 8.13. The predicted octanol–water partition coefficient (Wildman–Crippen LogP) is 2.02. The van der Waals surface area contributed by atoms with Crippen LogP contribution in [-0.4, -0.2) is 31.7 Å². The second-order valence-corrected chi connectivity index (χ2v) is 2.97. The third-order valence-electron chi connectivity index (χ3n) is 1.68. The van der Waals surface area contributed by atoms with Gasteiger partial charge in [0.25, 0.3) is 0 Å². The number of carbonyl (C=O) groups excluding carboxylic acids is 1. The smallest absolute Gasteiger partial charge is 0.407 e. The molecule has 0 saturated carbocycles. The molecule has 0 aliphatic rings. The Bertz CT molecular complexity index is 322. The highest BCUT2D eigenvalue weighted by atomic mass is 16.5. The number of hydrogen-bond acceptors (Lipinski definition) is 4. The Morgan fingerprint density at radius 2 is 2.12 bits per heavy atom. The molecule has 0 rings (SSSR count). The van der Waals surface area contributed by atoms with E-state index in [9.17, 15) is 4.79 Å². The van der Waals surface area contributed by atoms with Crippen LogP contribution in [0.3, 0.4) is 0 Å². The van der Waals surface area contributed by atoms with Gasteiger partial charge in [0.05, 0.1) is 13.2 Å². The minimum Gasteiger partial charge on any atom is -0.480 e. The minimum absolute atomic E-state index is 0.00460. The van der Waals surface area contributed by atoms with Gasteiger partial charge < -0.3 is 14.8 Å². The van der Waals surface area contributed by atoms with Gasteiger partial charge in [0.15, 0.2) is 0 Å². The fourth-order valence-corrected chi connectivity index (χ4v) is 0.904. The molecule has 0 fully saturated rings. The summed E-state index contributed by atoms with van der Waals surface area (Å²) < 4.78 is 9.74. The summed E-state index contributed by atoms with van der Waals surface area (Å²) in [4.78, 5) is 11.2. The fourth-order valence-electron chi connectivity index (χ4n) is 0.904. The molecule has 5 nitrogen and oxygen atoms in total. The van der Waals surface area contributed by atoms with Crippen LogP contribution in [0.2, 0.25) is 0 Å². The maximum atomic E-state index is 11.2. The molecule has 5 heteroatoms. The molecule has 0 aromatic heterocycles. The Balaban J connectivity index is 3.87. The number of amides is 1. The topological polar surface area (TPSA) is 71.4 Å². The van der Waals surface area contributed by atoms with Gasteiger partial charge in [-0.05, 0) is 12.5 Å². The van der Waals surface area contributed by atoms with Gasteiger partial charge in [0.1, 0.15) is 6.61 Å². The highest BCUT2D eigenvalue weighted by Crippen LogP contribution is 1.97. The van der Waals surface area contributed by atoms with Crippen LogP contribution in [-0.2, 0) is 9.47 Å². The first-order valence-electron chi connectivity index (χ1n) is 5.18. The molecule has 0 aliphatic heterocycles. The Labute approximate surface area is 101 Å². The van der Waals surface area contributed by atoms with Crippen molar-refractivity contribution in [3.8, 4) is 0 Å². The zero-order valence-electron chi connectivity index (χ0n) is 9.99. The molecule has 1 amide bonds. The average molecular weight is 238 g/mol. The number of alkyl carbamates (subject to hydrolysis) is 1. The number of allylic oxidation sites excluding steroid dienone is 2. The van der Waals surface area contributed by atoms with Gasteiger partial charge in [-0.1, -0.05) is 31.4 Å². The van der Waals surface area contributed by atoms with Crippen molar-refractivity contribution in [1.29, 1.82) is 5.41 Å². The van der Waals surface area contributed by atoms with Crippen molar-refractivity contribution in [2.45, 2.75) is 6.92 Å². The lowest BCUT2D eigenvalue weighted by molar-refractivity contribution is 0.157. The lowest BCUT2D eigenvalue weighted by atomic mass is 10.2. The van der Waals surface area contributed by atoms with Crippen LogP contribution in [0.5, 0.6) is 0 Å². The summed E-state index contributed by atoms with van der Waals surface area (Å²) in [6.07, 6.45) is 4.26. The quantitative estimate of drug-likeness (QED) is 0.405. The number of rotatable bonds is 7. The number of ether oxygens (including phenoxy) is 2. The summed E-state index contributed by atoms with van der Waals surface area (Å²) in [7, 11) is 0. The molecular formula is C12H18N2O3. The first-order valence-corrected chi connectivity index (χ1v) is 5.18. The van der Waals surface area contributed by atoms with E-state index in [0.29, 0.717) is 6.61 Å². The lowest BCUT2D eigenvalue weighted by Gasteiger charge is -2.08. The summed E-state index contributed by atoms with van der Waals surface area (Å²) in [5, 5.41) is 9.66. The Morgan fingerprint density at radius 1 is 1.41 bits per heavy atom. The van der Waals surface area contributed by atoms with Crippen molar-refractivity contribution < 1.29 is 14.3 Å². The molecule has 0 atom stereocenters. The van der Waals surface area contributed by atoms with Gasteiger partial charge in [-0.15, -0.1) is 0 Å². The largest absolute Gasteiger partial charge is 0.480 e. The van der Waals surface area contributed by atoms with E-state index in [1.165, 1.54) is 0 Å². The number of carbonyl (C=O) groups is 1. The Morgan fingerprint density at radius 3 is 2.65 bits per heavy atom. The lowest BCUT2D eigenvalue weighted by Crippen LogP contribution is -2.31. The molecule has 0 radical (unpaired) electrons. The molecule has 2 N–H and O–H groups in total. The maximum absolute atomic E-state index is 11.2. The van der Waals surface area contributed by atoms with E-state index in [1.807, 2.05) is 0 Å². The minimum atomic E-state index is -0.605. The second kappa shape index (κ2) is 9.21. The maximum Gasteiger partial charge on any atom is 0.407 e. The van der Waals surface area contributed by atoms with Crippen molar-refractivity contribution in [3.63, 3.8) is 0 Å². The standard InChI is InChI=1S/C12H18N2O3/c1-4-7-10(5-2)9-17-12(15)14-8-11(13)16-6-3/h4-5,7,13H,1-2,6,8-9H2,3H3,(H,14,15)/b10-7+,13-11?. The molecule has 0 spiro atoms. The molecular weight excluding hydrogens is 220 g/mol.